The van der Waals surface area contributed by atoms with Crippen LogP contribution in [0.5, 0.6) is 0 Å². The highest BCUT2D eigenvalue weighted by Gasteiger charge is 2.21. The van der Waals surface area contributed by atoms with E-state index in [9.17, 15) is 4.79 Å². The van der Waals surface area contributed by atoms with Gasteiger partial charge in [-0.2, -0.15) is 9.47 Å². The second-order valence-electron chi connectivity index (χ2n) is 7.59. The molecule has 0 atom stereocenters. The molecular weight excluding hydrogens is 412 g/mol. The number of nitrogens with one attached hydrogen (secondary N) is 1. The summed E-state index contributed by atoms with van der Waals surface area (Å²) in [7, 11) is 0. The molecule has 3 aromatic heterocycles. The van der Waals surface area contributed by atoms with E-state index in [-0.39, 0.29) is 5.56 Å². The Labute approximate surface area is 183 Å². The topological polar surface area (TPSA) is 84.1 Å². The molecule has 1 fully saturated rings. The number of hydrogen-bond acceptors (Lipinski definition) is 8. The van der Waals surface area contributed by atoms with Gasteiger partial charge in [0.1, 0.15) is 17.7 Å². The van der Waals surface area contributed by atoms with Gasteiger partial charge in [0.25, 0.3) is 5.56 Å². The van der Waals surface area contributed by atoms with E-state index in [0.717, 1.165) is 43.8 Å². The van der Waals surface area contributed by atoms with Crippen LogP contribution in [0.1, 0.15) is 13.3 Å². The van der Waals surface area contributed by atoms with Gasteiger partial charge in [0.15, 0.2) is 0 Å². The Hall–Kier alpha value is -3.16. The zero-order chi connectivity index (χ0) is 21.2. The van der Waals surface area contributed by atoms with E-state index in [0.29, 0.717) is 30.8 Å². The van der Waals surface area contributed by atoms with Gasteiger partial charge in [0.2, 0.25) is 5.95 Å². The Balaban J connectivity index is 1.54. The quantitative estimate of drug-likeness (QED) is 0.545. The Morgan fingerprint density at radius 2 is 2.19 bits per heavy atom. The lowest BCUT2D eigenvalue weighted by Gasteiger charge is -2.22. The van der Waals surface area contributed by atoms with Crippen LogP contribution in [0.15, 0.2) is 17.2 Å². The van der Waals surface area contributed by atoms with Crippen molar-refractivity contribution in [2.45, 2.75) is 26.6 Å². The molecule has 0 unspecified atom stereocenters. The number of imidazole rings is 1. The van der Waals surface area contributed by atoms with Crippen molar-refractivity contribution >= 4 is 40.8 Å². The van der Waals surface area contributed by atoms with Crippen LogP contribution in [0.4, 0.5) is 5.95 Å². The molecule has 1 saturated heterocycles. The first-order chi connectivity index (χ1) is 15.2. The number of aromatic nitrogens is 5. The molecule has 5 heterocycles. The third-order valence-corrected chi connectivity index (χ3v) is 6.35. The fourth-order valence-electron chi connectivity index (χ4n) is 4.00. The van der Waals surface area contributed by atoms with Gasteiger partial charge in [0.05, 0.1) is 17.3 Å². The highest BCUT2D eigenvalue weighted by Crippen LogP contribution is 2.20. The number of rotatable bonds is 4. The van der Waals surface area contributed by atoms with E-state index < -0.39 is 0 Å². The highest BCUT2D eigenvalue weighted by atomic mass is 32.1. The maximum absolute atomic E-state index is 13.4. The number of fused-ring (bicyclic) bond motifs is 2. The van der Waals surface area contributed by atoms with Gasteiger partial charge in [-0.15, -0.1) is 5.92 Å². The van der Waals surface area contributed by atoms with Crippen molar-refractivity contribution in [2.24, 2.45) is 0 Å². The lowest BCUT2D eigenvalue weighted by atomic mass is 10.3. The normalized spacial score (nSPS) is 16.2. The summed E-state index contributed by atoms with van der Waals surface area (Å²) in [5, 5.41) is 8.90. The maximum atomic E-state index is 13.4. The van der Waals surface area contributed by atoms with Gasteiger partial charge in [-0.25, -0.2) is 9.67 Å². The molecular formula is C21H24N8OS. The van der Waals surface area contributed by atoms with Gasteiger partial charge >= 0.3 is 0 Å². The minimum atomic E-state index is -0.148. The van der Waals surface area contributed by atoms with Crippen molar-refractivity contribution in [2.75, 3.05) is 37.6 Å². The Morgan fingerprint density at radius 1 is 1.26 bits per heavy atom. The van der Waals surface area contributed by atoms with Crippen LogP contribution < -0.4 is 25.5 Å². The summed E-state index contributed by atoms with van der Waals surface area (Å²) in [5.74, 6) is 6.85. The lowest BCUT2D eigenvalue weighted by molar-refractivity contribution is 0.337. The Morgan fingerprint density at radius 3 is 3.10 bits per heavy atom. The lowest BCUT2D eigenvalue weighted by Crippen LogP contribution is -2.37. The van der Waals surface area contributed by atoms with Crippen LogP contribution in [-0.4, -0.2) is 61.3 Å². The van der Waals surface area contributed by atoms with Crippen LogP contribution in [0.3, 0.4) is 0 Å². The molecule has 9 nitrogen and oxygen atoms in total. The van der Waals surface area contributed by atoms with E-state index >= 15 is 0 Å². The molecule has 0 amide bonds. The molecule has 0 bridgehead atoms. The number of anilines is 1. The highest BCUT2D eigenvalue weighted by molar-refractivity contribution is 7.03. The van der Waals surface area contributed by atoms with Gasteiger partial charge < -0.3 is 15.1 Å². The van der Waals surface area contributed by atoms with Crippen molar-refractivity contribution in [3.05, 3.63) is 32.5 Å². The van der Waals surface area contributed by atoms with Crippen molar-refractivity contribution in [1.82, 2.24) is 33.9 Å². The van der Waals surface area contributed by atoms with Crippen LogP contribution in [0, 0.1) is 11.8 Å². The van der Waals surface area contributed by atoms with E-state index in [1.54, 1.807) is 6.20 Å². The van der Waals surface area contributed by atoms with Gasteiger partial charge in [0, 0.05) is 43.8 Å². The predicted octanol–water partition coefficient (Wildman–Crippen LogP) is -0.636. The summed E-state index contributed by atoms with van der Waals surface area (Å²) in [4.78, 5) is 22.5. The minimum absolute atomic E-state index is 0.148. The summed E-state index contributed by atoms with van der Waals surface area (Å²) in [6.07, 6.45) is 8.74. The standard InChI is InChI=1S/C21H24N8OS/c1-2-3-9-28-19-17(25-21(28)27-8-4-6-22-7-11-27)13-23-29(20(19)30)15-26-10-5-18-16(14-26)12-24-31-18/h5,12-14,22H,4,6-11,15H2,1H3. The van der Waals surface area contributed by atoms with Crippen molar-refractivity contribution in [3.63, 3.8) is 0 Å². The summed E-state index contributed by atoms with van der Waals surface area (Å²) >= 11 is 1.48. The third-order valence-electron chi connectivity index (χ3n) is 5.54. The van der Waals surface area contributed by atoms with Crippen molar-refractivity contribution in [3.8, 4) is 11.8 Å². The van der Waals surface area contributed by atoms with Gasteiger partial charge in [-0.05, 0) is 37.5 Å². The fraction of sp³-hybridized carbons (Fsp3) is 0.429. The first-order valence-electron chi connectivity index (χ1n) is 10.4. The average Bonchev–Trinajstić information content (AvgIpc) is 3.29. The molecule has 0 aromatic carbocycles. The van der Waals surface area contributed by atoms with E-state index in [1.165, 1.54) is 20.7 Å². The molecule has 0 aliphatic carbocycles. The van der Waals surface area contributed by atoms with Gasteiger partial charge in [-0.3, -0.25) is 9.36 Å². The zero-order valence-corrected chi connectivity index (χ0v) is 18.2. The van der Waals surface area contributed by atoms with Crippen LogP contribution >= 0.6 is 11.5 Å². The van der Waals surface area contributed by atoms with Gasteiger partial charge in [-0.1, -0.05) is 5.92 Å². The van der Waals surface area contributed by atoms with Crippen LogP contribution in [0.25, 0.3) is 23.3 Å². The monoisotopic (exact) mass is 436 g/mol. The zero-order valence-electron chi connectivity index (χ0n) is 17.4. The second kappa shape index (κ2) is 8.53. The van der Waals surface area contributed by atoms with Crippen LogP contribution in [0.2, 0.25) is 0 Å². The molecule has 0 radical (unpaired) electrons. The smallest absolute Gasteiger partial charge is 0.294 e. The molecule has 160 valence electrons. The van der Waals surface area contributed by atoms with E-state index in [1.807, 2.05) is 23.9 Å². The molecule has 2 aliphatic heterocycles. The predicted molar refractivity (Wildman–Crippen MR) is 122 cm³/mol. The van der Waals surface area contributed by atoms with Crippen molar-refractivity contribution in [1.29, 1.82) is 0 Å². The molecule has 5 rings (SSSR count). The molecule has 0 saturated carbocycles. The van der Waals surface area contributed by atoms with E-state index in [2.05, 4.69) is 42.5 Å². The fourth-order valence-corrected chi connectivity index (χ4v) is 4.64. The SMILES string of the molecule is CC#CCn1c(N2CCCNCC2)nc2cnn(CN3C=c4cnsc4=CC3)c(=O)c21. The van der Waals surface area contributed by atoms with Crippen molar-refractivity contribution < 1.29 is 0 Å². The third kappa shape index (κ3) is 3.82. The number of hydrogen-bond donors (Lipinski definition) is 1. The first kappa shape index (κ1) is 19.8. The molecule has 2 aliphatic rings. The molecule has 31 heavy (non-hydrogen) atoms. The molecule has 1 N–H and O–H groups in total. The Bertz CT molecular complexity index is 1330. The Kier molecular flexibility index (Phi) is 5.44. The first-order valence-corrected chi connectivity index (χ1v) is 11.2. The summed E-state index contributed by atoms with van der Waals surface area (Å²) in [5.41, 5.74) is 1.03. The summed E-state index contributed by atoms with van der Waals surface area (Å²) < 4.78 is 8.85. The molecule has 0 spiro atoms. The molecule has 3 aromatic rings. The largest absolute Gasteiger partial charge is 0.354 e. The molecule has 10 heteroatoms. The summed E-state index contributed by atoms with van der Waals surface area (Å²) in [6.45, 7) is 6.95. The van der Waals surface area contributed by atoms with E-state index in [4.69, 9.17) is 4.98 Å². The summed E-state index contributed by atoms with van der Waals surface area (Å²) in [6, 6.07) is 0. The maximum Gasteiger partial charge on any atom is 0.294 e. The second-order valence-corrected chi connectivity index (χ2v) is 8.42. The minimum Gasteiger partial charge on any atom is -0.354 e. The average molecular weight is 437 g/mol. The number of nitrogens with zero attached hydrogens (tertiary/aromatic N) is 7. The van der Waals surface area contributed by atoms with Crippen LogP contribution in [-0.2, 0) is 13.2 Å².